The van der Waals surface area contributed by atoms with Gasteiger partial charge in [0, 0.05) is 10.2 Å². The van der Waals surface area contributed by atoms with Gasteiger partial charge in [-0.05, 0) is 61.0 Å². The first-order chi connectivity index (χ1) is 14.7. The average molecular weight is 468 g/mol. The first-order valence-corrected chi connectivity index (χ1v) is 11.0. The molecule has 0 saturated heterocycles. The Balaban J connectivity index is 1.62. The van der Waals surface area contributed by atoms with Crippen LogP contribution in [-0.4, -0.2) is 12.5 Å². The molecule has 0 fully saturated rings. The Morgan fingerprint density at radius 1 is 0.900 bits per heavy atom. The fourth-order valence-corrected chi connectivity index (χ4v) is 3.31. The summed E-state index contributed by atoms with van der Waals surface area (Å²) in [4.78, 5) is 12.9. The van der Waals surface area contributed by atoms with Crippen molar-refractivity contribution in [2.24, 2.45) is 0 Å². The number of amides is 1. The Morgan fingerprint density at radius 2 is 1.63 bits per heavy atom. The van der Waals surface area contributed by atoms with E-state index in [1.807, 2.05) is 66.7 Å². The van der Waals surface area contributed by atoms with Gasteiger partial charge in [0.05, 0.1) is 12.2 Å². The number of anilines is 1. The van der Waals surface area contributed by atoms with Gasteiger partial charge in [0.1, 0.15) is 17.2 Å². The average Bonchev–Trinajstić information content (AvgIpc) is 2.76. The molecular weight excluding hydrogens is 442 g/mol. The number of unbranched alkanes of at least 4 members (excludes halogenated alkanes) is 3. The Bertz CT molecular complexity index is 942. The molecule has 156 valence electrons. The summed E-state index contributed by atoms with van der Waals surface area (Å²) < 4.78 is 12.5. The fourth-order valence-electron chi connectivity index (χ4n) is 2.95. The van der Waals surface area contributed by atoms with E-state index in [1.54, 1.807) is 6.07 Å². The lowest BCUT2D eigenvalue weighted by molar-refractivity contribution is 0.102. The molecule has 0 radical (unpaired) electrons. The van der Waals surface area contributed by atoms with E-state index in [0.29, 0.717) is 29.4 Å². The van der Waals surface area contributed by atoms with Crippen LogP contribution in [-0.2, 0) is 0 Å². The summed E-state index contributed by atoms with van der Waals surface area (Å²) in [6.45, 7) is 2.78. The standard InChI is InChI=1S/C25H26BrNO3/c1-2-3-4-8-17-29-24-16-11-19(26)18-23(24)25(28)27-20-12-14-22(15-13-20)30-21-9-6-5-7-10-21/h5-7,9-16,18H,2-4,8,17H2,1H3,(H,27,28). The highest BCUT2D eigenvalue weighted by Crippen LogP contribution is 2.26. The molecule has 3 rings (SSSR count). The van der Waals surface area contributed by atoms with Gasteiger partial charge < -0.3 is 14.8 Å². The molecule has 0 saturated carbocycles. The van der Waals surface area contributed by atoms with Crippen molar-refractivity contribution >= 4 is 27.5 Å². The maximum Gasteiger partial charge on any atom is 0.259 e. The molecule has 1 amide bonds. The van der Waals surface area contributed by atoms with E-state index in [1.165, 1.54) is 12.8 Å². The molecule has 0 bridgehead atoms. The number of hydrogen-bond donors (Lipinski definition) is 1. The summed E-state index contributed by atoms with van der Waals surface area (Å²) in [6.07, 6.45) is 4.49. The van der Waals surface area contributed by atoms with Crippen molar-refractivity contribution in [1.29, 1.82) is 0 Å². The molecule has 0 aliphatic carbocycles. The van der Waals surface area contributed by atoms with E-state index >= 15 is 0 Å². The summed E-state index contributed by atoms with van der Waals surface area (Å²) in [5, 5.41) is 2.93. The van der Waals surface area contributed by atoms with Gasteiger partial charge in [-0.1, -0.05) is 60.3 Å². The maximum absolute atomic E-state index is 12.9. The van der Waals surface area contributed by atoms with E-state index in [4.69, 9.17) is 9.47 Å². The van der Waals surface area contributed by atoms with Crippen molar-refractivity contribution in [2.45, 2.75) is 32.6 Å². The molecule has 5 heteroatoms. The summed E-state index contributed by atoms with van der Waals surface area (Å²) in [7, 11) is 0. The van der Waals surface area contributed by atoms with Gasteiger partial charge in [-0.15, -0.1) is 0 Å². The topological polar surface area (TPSA) is 47.6 Å². The van der Waals surface area contributed by atoms with Crippen molar-refractivity contribution < 1.29 is 14.3 Å². The zero-order valence-corrected chi connectivity index (χ0v) is 18.7. The maximum atomic E-state index is 12.9. The van der Waals surface area contributed by atoms with Crippen molar-refractivity contribution in [1.82, 2.24) is 0 Å². The number of carbonyl (C=O) groups excluding carboxylic acids is 1. The molecule has 3 aromatic carbocycles. The second-order valence-corrected chi connectivity index (χ2v) is 7.86. The molecule has 0 heterocycles. The third kappa shape index (κ3) is 6.63. The lowest BCUT2D eigenvalue weighted by Gasteiger charge is -2.13. The van der Waals surface area contributed by atoms with Crippen molar-refractivity contribution in [3.05, 3.63) is 82.8 Å². The number of nitrogens with one attached hydrogen (secondary N) is 1. The molecule has 0 aliphatic heterocycles. The number of para-hydroxylation sites is 1. The number of hydrogen-bond acceptors (Lipinski definition) is 3. The molecular formula is C25H26BrNO3. The van der Waals surface area contributed by atoms with Crippen LogP contribution in [0, 0.1) is 0 Å². The van der Waals surface area contributed by atoms with Crippen LogP contribution < -0.4 is 14.8 Å². The van der Waals surface area contributed by atoms with E-state index in [0.717, 1.165) is 23.1 Å². The van der Waals surface area contributed by atoms with Crippen LogP contribution in [0.1, 0.15) is 43.0 Å². The largest absolute Gasteiger partial charge is 0.493 e. The molecule has 0 aromatic heterocycles. The monoisotopic (exact) mass is 467 g/mol. The number of ether oxygens (including phenoxy) is 2. The number of benzene rings is 3. The van der Waals surface area contributed by atoms with Crippen molar-refractivity contribution in [3.63, 3.8) is 0 Å². The second kappa shape index (κ2) is 11.4. The summed E-state index contributed by atoms with van der Waals surface area (Å²) in [5.41, 5.74) is 1.19. The molecule has 0 spiro atoms. The lowest BCUT2D eigenvalue weighted by atomic mass is 10.1. The van der Waals surface area contributed by atoms with Crippen LogP contribution in [0.2, 0.25) is 0 Å². The molecule has 30 heavy (non-hydrogen) atoms. The van der Waals surface area contributed by atoms with Crippen molar-refractivity contribution in [3.8, 4) is 17.2 Å². The highest BCUT2D eigenvalue weighted by molar-refractivity contribution is 9.10. The number of rotatable bonds is 10. The van der Waals surface area contributed by atoms with Crippen LogP contribution in [0.3, 0.4) is 0 Å². The Morgan fingerprint density at radius 3 is 2.37 bits per heavy atom. The lowest BCUT2D eigenvalue weighted by Crippen LogP contribution is -2.14. The smallest absolute Gasteiger partial charge is 0.259 e. The van der Waals surface area contributed by atoms with Gasteiger partial charge in [-0.3, -0.25) is 4.79 Å². The van der Waals surface area contributed by atoms with E-state index < -0.39 is 0 Å². The summed E-state index contributed by atoms with van der Waals surface area (Å²) >= 11 is 3.44. The molecule has 0 atom stereocenters. The Hall–Kier alpha value is -2.79. The quantitative estimate of drug-likeness (QED) is 0.314. The highest BCUT2D eigenvalue weighted by Gasteiger charge is 2.14. The van der Waals surface area contributed by atoms with Gasteiger partial charge >= 0.3 is 0 Å². The van der Waals surface area contributed by atoms with Gasteiger partial charge in [0.25, 0.3) is 5.91 Å². The van der Waals surface area contributed by atoms with E-state index in [2.05, 4.69) is 28.2 Å². The minimum Gasteiger partial charge on any atom is -0.493 e. The minimum atomic E-state index is -0.211. The Labute approximate surface area is 186 Å². The molecule has 0 aliphatic rings. The number of carbonyl (C=O) groups is 1. The van der Waals surface area contributed by atoms with Crippen LogP contribution in [0.25, 0.3) is 0 Å². The summed E-state index contributed by atoms with van der Waals surface area (Å²) in [5.74, 6) is 1.86. The van der Waals surface area contributed by atoms with Crippen LogP contribution in [0.5, 0.6) is 17.2 Å². The predicted octanol–water partition coefficient (Wildman–Crippen LogP) is 7.45. The SMILES string of the molecule is CCCCCCOc1ccc(Br)cc1C(=O)Nc1ccc(Oc2ccccc2)cc1. The van der Waals surface area contributed by atoms with Crippen molar-refractivity contribution in [2.75, 3.05) is 11.9 Å². The third-order valence-corrected chi connectivity index (χ3v) is 5.03. The minimum absolute atomic E-state index is 0.211. The predicted molar refractivity (Wildman–Crippen MR) is 125 cm³/mol. The van der Waals surface area contributed by atoms with Crippen LogP contribution >= 0.6 is 15.9 Å². The normalized spacial score (nSPS) is 10.5. The van der Waals surface area contributed by atoms with Gasteiger partial charge in [-0.25, -0.2) is 0 Å². The summed E-state index contributed by atoms with van der Waals surface area (Å²) in [6, 6.07) is 22.4. The van der Waals surface area contributed by atoms with Crippen LogP contribution in [0.15, 0.2) is 77.3 Å². The van der Waals surface area contributed by atoms with Gasteiger partial charge in [0.2, 0.25) is 0 Å². The zero-order valence-electron chi connectivity index (χ0n) is 17.1. The van der Waals surface area contributed by atoms with Gasteiger partial charge in [0.15, 0.2) is 0 Å². The molecule has 4 nitrogen and oxygen atoms in total. The fraction of sp³-hybridized carbons (Fsp3) is 0.240. The van der Waals surface area contributed by atoms with E-state index in [-0.39, 0.29) is 5.91 Å². The zero-order chi connectivity index (χ0) is 21.2. The first kappa shape index (κ1) is 21.9. The molecule has 0 unspecified atom stereocenters. The Kier molecular flexibility index (Phi) is 8.33. The van der Waals surface area contributed by atoms with Gasteiger partial charge in [-0.2, -0.15) is 0 Å². The molecule has 1 N–H and O–H groups in total. The first-order valence-electron chi connectivity index (χ1n) is 10.2. The number of halogens is 1. The second-order valence-electron chi connectivity index (χ2n) is 6.94. The van der Waals surface area contributed by atoms with E-state index in [9.17, 15) is 4.79 Å². The molecule has 3 aromatic rings. The third-order valence-electron chi connectivity index (χ3n) is 4.53. The van der Waals surface area contributed by atoms with Crippen LogP contribution in [0.4, 0.5) is 5.69 Å². The highest BCUT2D eigenvalue weighted by atomic mass is 79.9.